The first-order valence-electron chi connectivity index (χ1n) is 6.17. The van der Waals surface area contributed by atoms with Crippen LogP contribution in [-0.2, 0) is 0 Å². The van der Waals surface area contributed by atoms with Gasteiger partial charge >= 0.3 is 0 Å². The molecule has 2 aromatic rings. The summed E-state index contributed by atoms with van der Waals surface area (Å²) < 4.78 is 12.8. The van der Waals surface area contributed by atoms with Crippen molar-refractivity contribution < 1.29 is 4.39 Å². The van der Waals surface area contributed by atoms with E-state index in [4.69, 9.17) is 12.2 Å². The van der Waals surface area contributed by atoms with E-state index in [-0.39, 0.29) is 5.82 Å². The van der Waals surface area contributed by atoms with Crippen molar-refractivity contribution in [3.8, 4) is 0 Å². The molecule has 6 heteroatoms. The number of thiocarbonyl (C=S) groups is 1. The number of benzene rings is 2. The molecule has 0 radical (unpaired) electrons. The van der Waals surface area contributed by atoms with E-state index in [1.807, 2.05) is 30.5 Å². The highest BCUT2D eigenvalue weighted by Gasteiger charge is 1.96. The van der Waals surface area contributed by atoms with Gasteiger partial charge in [0.1, 0.15) is 5.82 Å². The van der Waals surface area contributed by atoms with Crippen LogP contribution in [0.2, 0.25) is 0 Å². The van der Waals surface area contributed by atoms with Crippen molar-refractivity contribution in [3.05, 3.63) is 59.9 Å². The van der Waals surface area contributed by atoms with Gasteiger partial charge in [-0.25, -0.2) is 4.39 Å². The van der Waals surface area contributed by atoms with E-state index in [1.165, 1.54) is 17.0 Å². The first kappa shape index (κ1) is 15.5. The molecule has 0 unspecified atom stereocenters. The average Bonchev–Trinajstić information content (AvgIpc) is 2.50. The number of rotatable bonds is 4. The lowest BCUT2D eigenvalue weighted by Gasteiger charge is -2.06. The molecule has 2 N–H and O–H groups in total. The lowest BCUT2D eigenvalue weighted by Crippen LogP contribution is -2.23. The maximum Gasteiger partial charge on any atom is 0.191 e. The zero-order chi connectivity index (χ0) is 15.1. The smallest absolute Gasteiger partial charge is 0.191 e. The van der Waals surface area contributed by atoms with E-state index in [1.54, 1.807) is 30.1 Å². The largest absolute Gasteiger partial charge is 0.331 e. The second-order valence-corrected chi connectivity index (χ2v) is 5.39. The van der Waals surface area contributed by atoms with Gasteiger partial charge in [0.2, 0.25) is 0 Å². The number of hydrogen-bond acceptors (Lipinski definition) is 3. The van der Waals surface area contributed by atoms with E-state index in [9.17, 15) is 4.39 Å². The zero-order valence-corrected chi connectivity index (χ0v) is 13.0. The van der Waals surface area contributed by atoms with Gasteiger partial charge in [-0.15, -0.1) is 11.8 Å². The predicted octanol–water partition coefficient (Wildman–Crippen LogP) is 3.87. The summed E-state index contributed by atoms with van der Waals surface area (Å²) in [4.78, 5) is 1.20. The minimum absolute atomic E-state index is 0.286. The Bertz CT molecular complexity index is 624. The molecule has 0 fully saturated rings. The number of nitrogens with zero attached hydrogens (tertiary/aromatic N) is 1. The molecule has 0 saturated carbocycles. The SMILES string of the molecule is CSc1ccc(/C=N\NC(=S)Nc2ccc(F)cc2)cc1. The van der Waals surface area contributed by atoms with Crippen LogP contribution in [0, 0.1) is 5.82 Å². The Morgan fingerprint density at radius 3 is 2.43 bits per heavy atom. The van der Waals surface area contributed by atoms with E-state index >= 15 is 0 Å². The predicted molar refractivity (Wildman–Crippen MR) is 91.6 cm³/mol. The number of hydrogen-bond donors (Lipinski definition) is 2. The first-order chi connectivity index (χ1) is 10.2. The van der Waals surface area contributed by atoms with Crippen LogP contribution < -0.4 is 10.7 Å². The summed E-state index contributed by atoms with van der Waals surface area (Å²) >= 11 is 6.78. The molecule has 0 aliphatic carbocycles. The number of nitrogens with one attached hydrogen (secondary N) is 2. The lowest BCUT2D eigenvalue weighted by atomic mass is 10.2. The highest BCUT2D eigenvalue weighted by molar-refractivity contribution is 7.98. The topological polar surface area (TPSA) is 36.4 Å². The third-order valence-corrected chi connectivity index (χ3v) is 3.53. The van der Waals surface area contributed by atoms with Crippen LogP contribution in [0.1, 0.15) is 5.56 Å². The summed E-state index contributed by atoms with van der Waals surface area (Å²) in [5, 5.41) is 7.31. The van der Waals surface area contributed by atoms with Crippen LogP contribution in [0.15, 0.2) is 58.5 Å². The zero-order valence-electron chi connectivity index (χ0n) is 11.3. The highest BCUT2D eigenvalue weighted by atomic mass is 32.2. The Labute approximate surface area is 132 Å². The third-order valence-electron chi connectivity index (χ3n) is 2.60. The van der Waals surface area contributed by atoms with Crippen molar-refractivity contribution in [1.82, 2.24) is 5.43 Å². The van der Waals surface area contributed by atoms with Crippen LogP contribution in [0.4, 0.5) is 10.1 Å². The van der Waals surface area contributed by atoms with Gasteiger partial charge < -0.3 is 5.32 Å². The number of halogens is 1. The Morgan fingerprint density at radius 2 is 1.81 bits per heavy atom. The lowest BCUT2D eigenvalue weighted by molar-refractivity contribution is 0.628. The van der Waals surface area contributed by atoms with E-state index in [0.29, 0.717) is 10.8 Å². The van der Waals surface area contributed by atoms with Crippen molar-refractivity contribution in [1.29, 1.82) is 0 Å². The van der Waals surface area contributed by atoms with Gasteiger partial charge in [-0.05, 0) is 60.4 Å². The van der Waals surface area contributed by atoms with Crippen LogP contribution in [0.5, 0.6) is 0 Å². The minimum Gasteiger partial charge on any atom is -0.331 e. The molecule has 0 heterocycles. The van der Waals surface area contributed by atoms with Gasteiger partial charge in [0.05, 0.1) is 6.21 Å². The maximum absolute atomic E-state index is 12.8. The van der Waals surface area contributed by atoms with Gasteiger partial charge in [0.15, 0.2) is 5.11 Å². The summed E-state index contributed by atoms with van der Waals surface area (Å²) in [6.45, 7) is 0. The number of anilines is 1. The first-order valence-corrected chi connectivity index (χ1v) is 7.80. The molecule has 0 amide bonds. The van der Waals surface area contributed by atoms with E-state index in [2.05, 4.69) is 15.8 Å². The van der Waals surface area contributed by atoms with Crippen molar-refractivity contribution in [2.24, 2.45) is 5.10 Å². The molecule has 0 spiro atoms. The van der Waals surface area contributed by atoms with Crippen LogP contribution in [-0.4, -0.2) is 17.6 Å². The number of thioether (sulfide) groups is 1. The third kappa shape index (κ3) is 5.17. The van der Waals surface area contributed by atoms with Gasteiger partial charge in [0, 0.05) is 10.6 Å². The molecular weight excluding hydrogens is 305 g/mol. The highest BCUT2D eigenvalue weighted by Crippen LogP contribution is 2.13. The molecule has 21 heavy (non-hydrogen) atoms. The van der Waals surface area contributed by atoms with Crippen LogP contribution in [0.25, 0.3) is 0 Å². The normalized spacial score (nSPS) is 10.6. The average molecular weight is 319 g/mol. The van der Waals surface area contributed by atoms with Crippen LogP contribution in [0.3, 0.4) is 0 Å². The molecule has 0 bridgehead atoms. The Balaban J connectivity index is 1.85. The molecule has 3 nitrogen and oxygen atoms in total. The summed E-state index contributed by atoms with van der Waals surface area (Å²) in [6.07, 6.45) is 3.72. The van der Waals surface area contributed by atoms with E-state index in [0.717, 1.165) is 5.56 Å². The molecule has 0 atom stereocenters. The minimum atomic E-state index is -0.286. The molecule has 2 aromatic carbocycles. The van der Waals surface area contributed by atoms with Gasteiger partial charge in [-0.3, -0.25) is 5.43 Å². The Kier molecular flexibility index (Phi) is 5.71. The quantitative estimate of drug-likeness (QED) is 0.388. The summed E-state index contributed by atoms with van der Waals surface area (Å²) in [7, 11) is 0. The fraction of sp³-hybridized carbons (Fsp3) is 0.0667. The molecule has 0 aromatic heterocycles. The van der Waals surface area contributed by atoms with Gasteiger partial charge in [-0.1, -0.05) is 12.1 Å². The Morgan fingerprint density at radius 1 is 1.14 bits per heavy atom. The molecule has 0 aliphatic heterocycles. The van der Waals surface area contributed by atoms with Gasteiger partial charge in [-0.2, -0.15) is 5.10 Å². The molecule has 108 valence electrons. The fourth-order valence-electron chi connectivity index (χ4n) is 1.55. The summed E-state index contributed by atoms with van der Waals surface area (Å²) in [5.74, 6) is -0.286. The maximum atomic E-state index is 12.8. The summed E-state index contributed by atoms with van der Waals surface area (Å²) in [6, 6.07) is 14.0. The van der Waals surface area contributed by atoms with Crippen molar-refractivity contribution in [2.75, 3.05) is 11.6 Å². The monoisotopic (exact) mass is 319 g/mol. The van der Waals surface area contributed by atoms with Crippen LogP contribution >= 0.6 is 24.0 Å². The molecule has 2 rings (SSSR count). The second-order valence-electron chi connectivity index (χ2n) is 4.10. The summed E-state index contributed by atoms with van der Waals surface area (Å²) in [5.41, 5.74) is 4.39. The Hall–Kier alpha value is -1.92. The molecule has 0 saturated heterocycles. The van der Waals surface area contributed by atoms with Crippen molar-refractivity contribution in [2.45, 2.75) is 4.90 Å². The molecular formula is C15H14FN3S2. The number of hydrazone groups is 1. The van der Waals surface area contributed by atoms with Crippen molar-refractivity contribution >= 4 is 41.0 Å². The fourth-order valence-corrected chi connectivity index (χ4v) is 2.13. The molecule has 0 aliphatic rings. The van der Waals surface area contributed by atoms with Gasteiger partial charge in [0.25, 0.3) is 0 Å². The van der Waals surface area contributed by atoms with Crippen molar-refractivity contribution in [3.63, 3.8) is 0 Å². The second kappa shape index (κ2) is 7.75. The van der Waals surface area contributed by atoms with E-state index < -0.39 is 0 Å². The standard InChI is InChI=1S/C15H14FN3S2/c1-21-14-8-2-11(3-9-14)10-17-19-15(20)18-13-6-4-12(16)5-7-13/h2-10H,1H3,(H2,18,19,20)/b17-10-.